The van der Waals surface area contributed by atoms with E-state index >= 15 is 0 Å². The number of nitrogens with zero attached hydrogens (tertiary/aromatic N) is 1. The molecule has 5 nitrogen and oxygen atoms in total. The van der Waals surface area contributed by atoms with Crippen LogP contribution in [-0.4, -0.2) is 44.0 Å². The zero-order chi connectivity index (χ0) is 24.0. The number of hydrogen-bond donors (Lipinski definition) is 1. The fraction of sp³-hybridized carbons (Fsp3) is 0.409. The predicted octanol–water partition coefficient (Wildman–Crippen LogP) is 5.89. The van der Waals surface area contributed by atoms with Gasteiger partial charge in [0.1, 0.15) is 0 Å². The quantitative estimate of drug-likeness (QED) is 0.382. The molecular formula is C22H24Cl4N2O3S2. The molecule has 1 saturated heterocycles. The Morgan fingerprint density at radius 3 is 2.33 bits per heavy atom. The first-order valence-corrected chi connectivity index (χ1v) is 14.6. The Labute approximate surface area is 219 Å². The van der Waals surface area contributed by atoms with Gasteiger partial charge in [-0.15, -0.1) is 0 Å². The largest absolute Gasteiger partial charge is 0.355 e. The van der Waals surface area contributed by atoms with E-state index in [2.05, 4.69) is 5.32 Å². The van der Waals surface area contributed by atoms with Crippen molar-refractivity contribution >= 4 is 74.1 Å². The summed E-state index contributed by atoms with van der Waals surface area (Å²) >= 11 is 26.0. The summed E-state index contributed by atoms with van der Waals surface area (Å²) in [4.78, 5) is 12.5. The maximum atomic E-state index is 12.8. The van der Waals surface area contributed by atoms with Crippen LogP contribution in [0.5, 0.6) is 0 Å². The monoisotopic (exact) mass is 568 g/mol. The third kappa shape index (κ3) is 7.66. The highest BCUT2D eigenvalue weighted by molar-refractivity contribution is 7.98. The Balaban J connectivity index is 1.40. The van der Waals surface area contributed by atoms with Gasteiger partial charge in [0, 0.05) is 62.7 Å². The van der Waals surface area contributed by atoms with Gasteiger partial charge in [-0.2, -0.15) is 11.8 Å². The van der Waals surface area contributed by atoms with Gasteiger partial charge in [0.05, 0.1) is 5.75 Å². The molecule has 0 radical (unpaired) electrons. The van der Waals surface area contributed by atoms with Crippen LogP contribution >= 0.6 is 58.2 Å². The molecule has 0 atom stereocenters. The minimum absolute atomic E-state index is 0.0358. The van der Waals surface area contributed by atoms with Crippen molar-refractivity contribution in [2.45, 2.75) is 24.3 Å². The fourth-order valence-electron chi connectivity index (χ4n) is 3.55. The number of halogens is 4. The molecule has 180 valence electrons. The molecular weight excluding hydrogens is 546 g/mol. The molecule has 3 rings (SSSR count). The van der Waals surface area contributed by atoms with Crippen molar-refractivity contribution in [3.63, 3.8) is 0 Å². The summed E-state index contributed by atoms with van der Waals surface area (Å²) in [6.07, 6.45) is 0.962. The van der Waals surface area contributed by atoms with Gasteiger partial charge in [0.15, 0.2) is 0 Å². The first kappa shape index (κ1) is 26.9. The molecule has 0 bridgehead atoms. The molecule has 0 unspecified atom stereocenters. The van der Waals surface area contributed by atoms with Crippen LogP contribution in [0.3, 0.4) is 0 Å². The van der Waals surface area contributed by atoms with E-state index in [1.165, 1.54) is 4.31 Å². The Morgan fingerprint density at radius 2 is 1.70 bits per heavy atom. The lowest BCUT2D eigenvalue weighted by Gasteiger charge is -2.30. The Bertz CT molecular complexity index is 1070. The maximum absolute atomic E-state index is 12.8. The van der Waals surface area contributed by atoms with E-state index in [0.717, 1.165) is 17.1 Å². The smallest absolute Gasteiger partial charge is 0.223 e. The highest BCUT2D eigenvalue weighted by Crippen LogP contribution is 2.29. The SMILES string of the molecule is O=C(NCCSCc1ccc(Cl)cc1Cl)C1CCN(S(=O)(=O)Cc2c(Cl)cccc2Cl)CC1. The lowest BCUT2D eigenvalue weighted by molar-refractivity contribution is -0.125. The zero-order valence-corrected chi connectivity index (χ0v) is 22.4. The van der Waals surface area contributed by atoms with Crippen molar-refractivity contribution in [1.82, 2.24) is 9.62 Å². The van der Waals surface area contributed by atoms with Gasteiger partial charge in [0.25, 0.3) is 0 Å². The number of piperidine rings is 1. The molecule has 1 N–H and O–H groups in total. The van der Waals surface area contributed by atoms with Gasteiger partial charge in [-0.25, -0.2) is 12.7 Å². The summed E-state index contributed by atoms with van der Waals surface area (Å²) < 4.78 is 27.1. The molecule has 1 fully saturated rings. The van der Waals surface area contributed by atoms with E-state index in [0.29, 0.717) is 58.1 Å². The lowest BCUT2D eigenvalue weighted by Crippen LogP contribution is -2.43. The number of sulfonamides is 1. The van der Waals surface area contributed by atoms with Gasteiger partial charge in [-0.1, -0.05) is 58.5 Å². The molecule has 0 saturated carbocycles. The van der Waals surface area contributed by atoms with Crippen molar-refractivity contribution in [2.75, 3.05) is 25.4 Å². The van der Waals surface area contributed by atoms with Gasteiger partial charge in [-0.05, 0) is 42.7 Å². The maximum Gasteiger partial charge on any atom is 0.223 e. The lowest BCUT2D eigenvalue weighted by atomic mass is 9.97. The molecule has 1 heterocycles. The van der Waals surface area contributed by atoms with Crippen molar-refractivity contribution in [1.29, 1.82) is 0 Å². The molecule has 0 aromatic heterocycles. The Kier molecular flexibility index (Phi) is 10.1. The van der Waals surface area contributed by atoms with Crippen LogP contribution in [0, 0.1) is 5.92 Å². The van der Waals surface area contributed by atoms with Crippen LogP contribution < -0.4 is 5.32 Å². The van der Waals surface area contributed by atoms with E-state index in [4.69, 9.17) is 46.4 Å². The number of benzene rings is 2. The van der Waals surface area contributed by atoms with Crippen LogP contribution in [0.2, 0.25) is 20.1 Å². The summed E-state index contributed by atoms with van der Waals surface area (Å²) in [5.74, 6) is 0.994. The van der Waals surface area contributed by atoms with E-state index < -0.39 is 10.0 Å². The molecule has 0 spiro atoms. The van der Waals surface area contributed by atoms with Crippen LogP contribution in [0.4, 0.5) is 0 Å². The van der Waals surface area contributed by atoms with E-state index in [-0.39, 0.29) is 17.6 Å². The molecule has 2 aromatic rings. The first-order chi connectivity index (χ1) is 15.7. The highest BCUT2D eigenvalue weighted by Gasteiger charge is 2.31. The van der Waals surface area contributed by atoms with Crippen LogP contribution in [0.15, 0.2) is 36.4 Å². The second kappa shape index (κ2) is 12.3. The van der Waals surface area contributed by atoms with Gasteiger partial charge in [-0.3, -0.25) is 4.79 Å². The minimum Gasteiger partial charge on any atom is -0.355 e. The van der Waals surface area contributed by atoms with Crippen molar-refractivity contribution in [2.24, 2.45) is 5.92 Å². The fourth-order valence-corrected chi connectivity index (χ4v) is 7.28. The normalized spacial score (nSPS) is 15.5. The third-order valence-electron chi connectivity index (χ3n) is 5.42. The van der Waals surface area contributed by atoms with E-state index in [1.54, 1.807) is 42.1 Å². The van der Waals surface area contributed by atoms with Gasteiger partial charge < -0.3 is 5.32 Å². The summed E-state index contributed by atoms with van der Waals surface area (Å²) in [6.45, 7) is 1.14. The number of nitrogens with one attached hydrogen (secondary N) is 1. The van der Waals surface area contributed by atoms with Crippen molar-refractivity contribution in [3.8, 4) is 0 Å². The Hall–Kier alpha value is -0.670. The molecule has 2 aromatic carbocycles. The van der Waals surface area contributed by atoms with Crippen LogP contribution in [0.1, 0.15) is 24.0 Å². The summed E-state index contributed by atoms with van der Waals surface area (Å²) in [7, 11) is -3.58. The van der Waals surface area contributed by atoms with Gasteiger partial charge in [0.2, 0.25) is 15.9 Å². The summed E-state index contributed by atoms with van der Waals surface area (Å²) in [5.41, 5.74) is 1.40. The highest BCUT2D eigenvalue weighted by atomic mass is 35.5. The van der Waals surface area contributed by atoms with Crippen molar-refractivity contribution < 1.29 is 13.2 Å². The molecule has 1 aliphatic rings. The van der Waals surface area contributed by atoms with Crippen molar-refractivity contribution in [3.05, 3.63) is 67.6 Å². The van der Waals surface area contributed by atoms with Gasteiger partial charge >= 0.3 is 0 Å². The molecule has 11 heteroatoms. The number of rotatable bonds is 9. The molecule has 0 aliphatic carbocycles. The van der Waals surface area contributed by atoms with E-state index in [9.17, 15) is 13.2 Å². The second-order valence-corrected chi connectivity index (χ2v) is 12.4. The number of hydrogen-bond acceptors (Lipinski definition) is 4. The topological polar surface area (TPSA) is 66.5 Å². The number of carbonyl (C=O) groups excluding carboxylic acids is 1. The van der Waals surface area contributed by atoms with Crippen LogP contribution in [0.25, 0.3) is 0 Å². The molecule has 33 heavy (non-hydrogen) atoms. The Morgan fingerprint density at radius 1 is 1.03 bits per heavy atom. The minimum atomic E-state index is -3.58. The zero-order valence-electron chi connectivity index (χ0n) is 17.7. The predicted molar refractivity (Wildman–Crippen MR) is 139 cm³/mol. The second-order valence-electron chi connectivity index (χ2n) is 7.71. The van der Waals surface area contributed by atoms with E-state index in [1.807, 2.05) is 6.07 Å². The number of carbonyl (C=O) groups is 1. The summed E-state index contributed by atoms with van der Waals surface area (Å²) in [5, 5.41) is 4.86. The standard InChI is InChI=1S/C22H24Cl4N2O3S2/c23-17-5-4-16(21(26)12-17)13-32-11-8-27-22(29)15-6-9-28(10-7-15)33(30,31)14-18-19(24)2-1-3-20(18)25/h1-5,12,15H,6-11,13-14H2,(H,27,29). The third-order valence-corrected chi connectivity index (χ3v) is 9.53. The number of thioether (sulfide) groups is 1. The van der Waals surface area contributed by atoms with Crippen LogP contribution in [-0.2, 0) is 26.3 Å². The average Bonchev–Trinajstić information content (AvgIpc) is 2.77. The summed E-state index contributed by atoms with van der Waals surface area (Å²) in [6, 6.07) is 10.3. The average molecular weight is 570 g/mol. The first-order valence-electron chi connectivity index (χ1n) is 10.4. The number of amides is 1. The molecule has 1 amide bonds. The molecule has 1 aliphatic heterocycles.